The van der Waals surface area contributed by atoms with Crippen LogP contribution in [0.15, 0.2) is 12.2 Å². The Morgan fingerprint density at radius 2 is 2.40 bits per heavy atom. The summed E-state index contributed by atoms with van der Waals surface area (Å²) in [6.07, 6.45) is 8.64. The highest BCUT2D eigenvalue weighted by Gasteiger charge is 2.18. The molecular weight excluding hydrogens is 188 g/mol. The van der Waals surface area contributed by atoms with Crippen LogP contribution in [0.2, 0.25) is 0 Å². The SMILES string of the molecule is CN1CCOC(CNC2CC=CCC2)C1. The number of ether oxygens (including phenoxy) is 1. The molecule has 2 rings (SSSR count). The Bertz CT molecular complexity index is 218. The third kappa shape index (κ3) is 3.59. The fourth-order valence-corrected chi connectivity index (χ4v) is 2.27. The quantitative estimate of drug-likeness (QED) is 0.704. The van der Waals surface area contributed by atoms with Crippen molar-refractivity contribution in [2.75, 3.05) is 33.3 Å². The van der Waals surface area contributed by atoms with E-state index in [0.717, 1.165) is 26.2 Å². The zero-order valence-electron chi connectivity index (χ0n) is 9.61. The Kier molecular flexibility index (Phi) is 4.18. The minimum absolute atomic E-state index is 0.384. The molecule has 0 aromatic carbocycles. The second-order valence-corrected chi connectivity index (χ2v) is 4.64. The van der Waals surface area contributed by atoms with Gasteiger partial charge in [0.05, 0.1) is 12.7 Å². The predicted octanol–water partition coefficient (Wildman–Crippen LogP) is 1.02. The molecule has 0 amide bonds. The van der Waals surface area contributed by atoms with Crippen LogP contribution in [0, 0.1) is 0 Å². The average Bonchev–Trinajstić information content (AvgIpc) is 2.28. The maximum atomic E-state index is 5.72. The minimum Gasteiger partial charge on any atom is -0.374 e. The lowest BCUT2D eigenvalue weighted by Crippen LogP contribution is -2.46. The number of allylic oxidation sites excluding steroid dienone is 1. The van der Waals surface area contributed by atoms with E-state index in [-0.39, 0.29) is 0 Å². The van der Waals surface area contributed by atoms with Gasteiger partial charge in [-0.05, 0) is 26.3 Å². The summed E-state index contributed by atoms with van der Waals surface area (Å²) in [5, 5.41) is 3.61. The van der Waals surface area contributed by atoms with Gasteiger partial charge in [0.1, 0.15) is 0 Å². The average molecular weight is 210 g/mol. The molecule has 3 nitrogen and oxygen atoms in total. The Labute approximate surface area is 92.5 Å². The predicted molar refractivity (Wildman–Crippen MR) is 62.0 cm³/mol. The van der Waals surface area contributed by atoms with E-state index >= 15 is 0 Å². The van der Waals surface area contributed by atoms with Crippen molar-refractivity contribution in [1.29, 1.82) is 0 Å². The first-order chi connectivity index (χ1) is 7.34. The number of nitrogens with one attached hydrogen (secondary N) is 1. The highest BCUT2D eigenvalue weighted by molar-refractivity contribution is 4.93. The molecule has 0 spiro atoms. The van der Waals surface area contributed by atoms with E-state index in [4.69, 9.17) is 4.74 Å². The first-order valence-corrected chi connectivity index (χ1v) is 6.03. The van der Waals surface area contributed by atoms with E-state index in [2.05, 4.69) is 29.4 Å². The molecule has 1 aliphatic carbocycles. The van der Waals surface area contributed by atoms with Gasteiger partial charge in [-0.15, -0.1) is 0 Å². The van der Waals surface area contributed by atoms with Gasteiger partial charge in [0.25, 0.3) is 0 Å². The zero-order valence-corrected chi connectivity index (χ0v) is 9.61. The van der Waals surface area contributed by atoms with Gasteiger partial charge < -0.3 is 15.0 Å². The maximum absolute atomic E-state index is 5.72. The molecule has 86 valence electrons. The van der Waals surface area contributed by atoms with E-state index in [1.807, 2.05) is 0 Å². The molecule has 1 fully saturated rings. The maximum Gasteiger partial charge on any atom is 0.0826 e. The summed E-state index contributed by atoms with van der Waals surface area (Å²) in [5.41, 5.74) is 0. The van der Waals surface area contributed by atoms with Gasteiger partial charge >= 0.3 is 0 Å². The van der Waals surface area contributed by atoms with E-state index < -0.39 is 0 Å². The molecule has 3 heteroatoms. The Morgan fingerprint density at radius 3 is 3.13 bits per heavy atom. The van der Waals surface area contributed by atoms with Crippen LogP contribution in [0.4, 0.5) is 0 Å². The van der Waals surface area contributed by atoms with Gasteiger partial charge in [0.15, 0.2) is 0 Å². The van der Waals surface area contributed by atoms with Gasteiger partial charge in [0.2, 0.25) is 0 Å². The normalized spacial score (nSPS) is 33.1. The standard InChI is InChI=1S/C12H22N2O/c1-14-7-8-15-12(10-14)9-13-11-5-3-2-4-6-11/h2-3,11-13H,4-10H2,1H3. The van der Waals surface area contributed by atoms with E-state index in [1.54, 1.807) is 0 Å². The van der Waals surface area contributed by atoms with Crippen molar-refractivity contribution in [1.82, 2.24) is 10.2 Å². The summed E-state index contributed by atoms with van der Waals surface area (Å²) in [7, 11) is 2.17. The molecule has 2 unspecified atom stereocenters. The van der Waals surface area contributed by atoms with Crippen LogP contribution < -0.4 is 5.32 Å². The smallest absolute Gasteiger partial charge is 0.0826 e. The van der Waals surface area contributed by atoms with E-state index in [0.29, 0.717) is 12.1 Å². The van der Waals surface area contributed by atoms with Crippen molar-refractivity contribution < 1.29 is 4.74 Å². The number of hydrogen-bond donors (Lipinski definition) is 1. The molecule has 0 bridgehead atoms. The largest absolute Gasteiger partial charge is 0.374 e. The summed E-state index contributed by atoms with van der Waals surface area (Å²) in [6, 6.07) is 0.672. The summed E-state index contributed by atoms with van der Waals surface area (Å²) in [4.78, 5) is 2.34. The molecule has 1 heterocycles. The van der Waals surface area contributed by atoms with E-state index in [1.165, 1.54) is 19.3 Å². The molecule has 0 saturated carbocycles. The topological polar surface area (TPSA) is 24.5 Å². The summed E-state index contributed by atoms with van der Waals surface area (Å²) < 4.78 is 5.72. The first-order valence-electron chi connectivity index (χ1n) is 6.03. The van der Waals surface area contributed by atoms with Crippen molar-refractivity contribution >= 4 is 0 Å². The fraction of sp³-hybridized carbons (Fsp3) is 0.833. The molecule has 2 atom stereocenters. The van der Waals surface area contributed by atoms with Crippen molar-refractivity contribution in [2.45, 2.75) is 31.4 Å². The third-order valence-electron chi connectivity index (χ3n) is 3.25. The second kappa shape index (κ2) is 5.64. The molecule has 2 aliphatic rings. The summed E-state index contributed by atoms with van der Waals surface area (Å²) in [5.74, 6) is 0. The number of hydrogen-bond acceptors (Lipinski definition) is 3. The molecule has 0 aromatic rings. The number of nitrogens with zero attached hydrogens (tertiary/aromatic N) is 1. The van der Waals surface area contributed by atoms with Crippen LogP contribution in [-0.2, 0) is 4.74 Å². The molecule has 0 radical (unpaired) electrons. The number of morpholine rings is 1. The highest BCUT2D eigenvalue weighted by Crippen LogP contribution is 2.11. The van der Waals surface area contributed by atoms with Crippen LogP contribution >= 0.6 is 0 Å². The van der Waals surface area contributed by atoms with Crippen molar-refractivity contribution in [3.05, 3.63) is 12.2 Å². The summed E-state index contributed by atoms with van der Waals surface area (Å²) >= 11 is 0. The van der Waals surface area contributed by atoms with Crippen LogP contribution in [0.1, 0.15) is 19.3 Å². The Hall–Kier alpha value is -0.380. The van der Waals surface area contributed by atoms with Gasteiger partial charge in [-0.25, -0.2) is 0 Å². The Balaban J connectivity index is 1.66. The van der Waals surface area contributed by atoms with Gasteiger partial charge in [-0.1, -0.05) is 12.2 Å². The lowest BCUT2D eigenvalue weighted by molar-refractivity contribution is -0.0193. The molecule has 1 aliphatic heterocycles. The van der Waals surface area contributed by atoms with Gasteiger partial charge in [-0.3, -0.25) is 0 Å². The zero-order chi connectivity index (χ0) is 10.5. The van der Waals surface area contributed by atoms with Crippen LogP contribution in [0.25, 0.3) is 0 Å². The lowest BCUT2D eigenvalue weighted by Gasteiger charge is -2.31. The Morgan fingerprint density at radius 1 is 1.47 bits per heavy atom. The highest BCUT2D eigenvalue weighted by atomic mass is 16.5. The molecule has 15 heavy (non-hydrogen) atoms. The van der Waals surface area contributed by atoms with Crippen molar-refractivity contribution in [3.8, 4) is 0 Å². The molecule has 1 N–H and O–H groups in total. The first kappa shape index (κ1) is 11.1. The third-order valence-corrected chi connectivity index (χ3v) is 3.25. The van der Waals surface area contributed by atoms with Crippen molar-refractivity contribution in [3.63, 3.8) is 0 Å². The van der Waals surface area contributed by atoms with E-state index in [9.17, 15) is 0 Å². The summed E-state index contributed by atoms with van der Waals surface area (Å²) in [6.45, 7) is 4.02. The second-order valence-electron chi connectivity index (χ2n) is 4.64. The monoisotopic (exact) mass is 210 g/mol. The molecular formula is C12H22N2O. The van der Waals surface area contributed by atoms with Crippen LogP contribution in [0.5, 0.6) is 0 Å². The fourth-order valence-electron chi connectivity index (χ4n) is 2.27. The lowest BCUT2D eigenvalue weighted by atomic mass is 10.0. The van der Waals surface area contributed by atoms with Crippen LogP contribution in [-0.4, -0.2) is 50.3 Å². The van der Waals surface area contributed by atoms with Crippen LogP contribution in [0.3, 0.4) is 0 Å². The number of rotatable bonds is 3. The molecule has 0 aromatic heterocycles. The van der Waals surface area contributed by atoms with Gasteiger partial charge in [-0.2, -0.15) is 0 Å². The van der Waals surface area contributed by atoms with Crippen molar-refractivity contribution in [2.24, 2.45) is 0 Å². The number of likely N-dealkylation sites (N-methyl/N-ethyl adjacent to an activating group) is 1. The minimum atomic E-state index is 0.384. The van der Waals surface area contributed by atoms with Gasteiger partial charge in [0, 0.05) is 25.7 Å². The molecule has 1 saturated heterocycles.